The zero-order valence-electron chi connectivity index (χ0n) is 16.6. The van der Waals surface area contributed by atoms with Crippen LogP contribution in [0.15, 0.2) is 0 Å². The number of carbonyl (C=O) groups excluding carboxylic acids is 1. The zero-order chi connectivity index (χ0) is 18.4. The van der Waals surface area contributed by atoms with E-state index in [1.807, 2.05) is 6.92 Å². The van der Waals surface area contributed by atoms with E-state index in [2.05, 4.69) is 27.3 Å². The lowest BCUT2D eigenvalue weighted by atomic mass is 10.4. The van der Waals surface area contributed by atoms with Crippen molar-refractivity contribution in [2.75, 3.05) is 13.2 Å². The summed E-state index contributed by atoms with van der Waals surface area (Å²) in [5, 5.41) is 0. The maximum Gasteiger partial charge on any atom is 0.365 e. The second-order valence-electron chi connectivity index (χ2n) is 6.13. The molecule has 0 bridgehead atoms. The van der Waals surface area contributed by atoms with Gasteiger partial charge in [0, 0.05) is 26.1 Å². The molecule has 0 rings (SSSR count). The third kappa shape index (κ3) is 9.16. The molecule has 0 saturated carbocycles. The molecule has 0 aromatic heterocycles. The van der Waals surface area contributed by atoms with Gasteiger partial charge in [-0.3, -0.25) is 4.79 Å². The van der Waals surface area contributed by atoms with E-state index in [-0.39, 0.29) is 11.7 Å². The zero-order valence-corrected chi connectivity index (χ0v) is 17.6. The molecule has 24 heavy (non-hydrogen) atoms. The van der Waals surface area contributed by atoms with Crippen LogP contribution in [0.2, 0.25) is 6.55 Å². The Bertz CT molecular complexity index is 315. The Morgan fingerprint density at radius 3 is 1.83 bits per heavy atom. The topological polar surface area (TPSA) is 54.0 Å². The van der Waals surface area contributed by atoms with Crippen molar-refractivity contribution in [1.29, 1.82) is 0 Å². The summed E-state index contributed by atoms with van der Waals surface area (Å²) in [6.07, 6.45) is 5.42. The summed E-state index contributed by atoms with van der Waals surface area (Å²) < 4.78 is 23.9. The van der Waals surface area contributed by atoms with Gasteiger partial charge in [-0.15, -0.1) is 0 Å². The third-order valence-corrected chi connectivity index (χ3v) is 7.20. The standard InChI is InChI=1S/C18H38O5Si/c1-7-12-14-20-24(6,21-15-13-8-2)18(11-5)23-17(10-4)22-16(19)9-3/h17-18H,7-15H2,1-6H3. The first-order valence-corrected chi connectivity index (χ1v) is 12.0. The van der Waals surface area contributed by atoms with E-state index in [0.29, 0.717) is 26.1 Å². The first kappa shape index (κ1) is 23.6. The summed E-state index contributed by atoms with van der Waals surface area (Å²) in [4.78, 5) is 11.6. The molecule has 0 spiro atoms. The Kier molecular flexibility index (Phi) is 13.6. The van der Waals surface area contributed by atoms with E-state index >= 15 is 0 Å². The molecule has 0 aromatic rings. The third-order valence-electron chi connectivity index (χ3n) is 3.93. The summed E-state index contributed by atoms with van der Waals surface area (Å²) >= 11 is 0. The molecule has 5 nitrogen and oxygen atoms in total. The van der Waals surface area contributed by atoms with Crippen molar-refractivity contribution in [3.8, 4) is 0 Å². The highest BCUT2D eigenvalue weighted by molar-refractivity contribution is 6.67. The SMILES string of the molecule is CCCCO[Si](C)(OCCCC)C(CC)OC(CC)OC(=O)CC. The van der Waals surface area contributed by atoms with Gasteiger partial charge in [0.05, 0.1) is 0 Å². The highest BCUT2D eigenvalue weighted by Gasteiger charge is 2.43. The number of esters is 1. The van der Waals surface area contributed by atoms with Crippen molar-refractivity contribution in [2.24, 2.45) is 0 Å². The lowest BCUT2D eigenvalue weighted by Gasteiger charge is -2.35. The minimum absolute atomic E-state index is 0.152. The molecule has 6 heteroatoms. The Morgan fingerprint density at radius 1 is 0.917 bits per heavy atom. The normalized spacial score (nSPS) is 14.4. The van der Waals surface area contributed by atoms with Crippen LogP contribution < -0.4 is 0 Å². The number of hydrogen-bond acceptors (Lipinski definition) is 5. The number of carbonyl (C=O) groups is 1. The fourth-order valence-corrected chi connectivity index (χ4v) is 4.97. The molecule has 0 amide bonds. The number of hydrogen-bond donors (Lipinski definition) is 0. The van der Waals surface area contributed by atoms with E-state index in [4.69, 9.17) is 18.3 Å². The quantitative estimate of drug-likeness (QED) is 0.183. The van der Waals surface area contributed by atoms with Crippen LogP contribution in [-0.2, 0) is 23.1 Å². The van der Waals surface area contributed by atoms with Gasteiger partial charge in [0.15, 0.2) is 0 Å². The average Bonchev–Trinajstić information content (AvgIpc) is 2.58. The average molecular weight is 363 g/mol. The molecular weight excluding hydrogens is 324 g/mol. The van der Waals surface area contributed by atoms with Gasteiger partial charge >= 0.3 is 14.5 Å². The smallest absolute Gasteiger partial charge is 0.365 e. The molecule has 0 fully saturated rings. The Labute approximate surface area is 149 Å². The van der Waals surface area contributed by atoms with Crippen LogP contribution in [-0.4, -0.2) is 39.8 Å². The van der Waals surface area contributed by atoms with Crippen molar-refractivity contribution in [3.05, 3.63) is 0 Å². The molecular formula is C18H38O5Si. The lowest BCUT2D eigenvalue weighted by molar-refractivity contribution is -0.186. The Balaban J connectivity index is 4.94. The Morgan fingerprint density at radius 2 is 1.46 bits per heavy atom. The van der Waals surface area contributed by atoms with Crippen LogP contribution in [0, 0.1) is 0 Å². The lowest BCUT2D eigenvalue weighted by Crippen LogP contribution is -2.53. The van der Waals surface area contributed by atoms with Gasteiger partial charge in [0.1, 0.15) is 5.73 Å². The van der Waals surface area contributed by atoms with Gasteiger partial charge in [-0.2, -0.15) is 0 Å². The summed E-state index contributed by atoms with van der Waals surface area (Å²) in [6.45, 7) is 13.5. The predicted octanol–water partition coefficient (Wildman–Crippen LogP) is 4.72. The summed E-state index contributed by atoms with van der Waals surface area (Å²) in [6, 6.07) is 0. The van der Waals surface area contributed by atoms with Crippen LogP contribution in [0.3, 0.4) is 0 Å². The second-order valence-corrected chi connectivity index (χ2v) is 9.39. The van der Waals surface area contributed by atoms with Gasteiger partial charge in [0.25, 0.3) is 0 Å². The molecule has 0 saturated heterocycles. The van der Waals surface area contributed by atoms with Crippen LogP contribution in [0.1, 0.15) is 79.6 Å². The van der Waals surface area contributed by atoms with Crippen molar-refractivity contribution < 1.29 is 23.1 Å². The number of unbranched alkanes of at least 4 members (excludes halogenated alkanes) is 2. The second kappa shape index (κ2) is 13.8. The van der Waals surface area contributed by atoms with Gasteiger partial charge in [-0.1, -0.05) is 47.5 Å². The van der Waals surface area contributed by atoms with Crippen LogP contribution in [0.25, 0.3) is 0 Å². The highest BCUT2D eigenvalue weighted by Crippen LogP contribution is 2.22. The van der Waals surface area contributed by atoms with E-state index < -0.39 is 14.9 Å². The molecule has 144 valence electrons. The fourth-order valence-electron chi connectivity index (χ4n) is 2.28. The van der Waals surface area contributed by atoms with Crippen molar-refractivity contribution in [1.82, 2.24) is 0 Å². The van der Waals surface area contributed by atoms with Crippen LogP contribution >= 0.6 is 0 Å². The van der Waals surface area contributed by atoms with E-state index in [0.717, 1.165) is 32.1 Å². The molecule has 2 unspecified atom stereocenters. The molecule has 2 atom stereocenters. The number of ether oxygens (including phenoxy) is 2. The monoisotopic (exact) mass is 362 g/mol. The number of rotatable bonds is 15. The maximum absolute atomic E-state index is 11.6. The molecule has 0 N–H and O–H groups in total. The van der Waals surface area contributed by atoms with Crippen molar-refractivity contribution in [3.63, 3.8) is 0 Å². The van der Waals surface area contributed by atoms with Crippen LogP contribution in [0.4, 0.5) is 0 Å². The molecule has 0 aliphatic heterocycles. The van der Waals surface area contributed by atoms with E-state index in [1.54, 1.807) is 6.92 Å². The molecule has 0 aliphatic rings. The van der Waals surface area contributed by atoms with Gasteiger partial charge in [0.2, 0.25) is 6.29 Å². The molecule has 0 aromatic carbocycles. The van der Waals surface area contributed by atoms with E-state index in [1.165, 1.54) is 0 Å². The first-order chi connectivity index (χ1) is 11.5. The summed E-state index contributed by atoms with van der Waals surface area (Å²) in [5.41, 5.74) is -0.152. The predicted molar refractivity (Wildman–Crippen MR) is 99.0 cm³/mol. The molecule has 0 radical (unpaired) electrons. The Hall–Kier alpha value is -0.433. The van der Waals surface area contributed by atoms with Crippen molar-refractivity contribution >= 4 is 14.5 Å². The van der Waals surface area contributed by atoms with Gasteiger partial charge in [-0.25, -0.2) is 0 Å². The minimum atomic E-state index is -2.51. The molecule has 0 aliphatic carbocycles. The summed E-state index contributed by atoms with van der Waals surface area (Å²) in [7, 11) is -2.51. The fraction of sp³-hybridized carbons (Fsp3) is 0.944. The maximum atomic E-state index is 11.6. The first-order valence-electron chi connectivity index (χ1n) is 9.60. The van der Waals surface area contributed by atoms with Crippen LogP contribution in [0.5, 0.6) is 0 Å². The van der Waals surface area contributed by atoms with E-state index in [9.17, 15) is 4.79 Å². The highest BCUT2D eigenvalue weighted by atomic mass is 28.4. The largest absolute Gasteiger partial charge is 0.436 e. The summed E-state index contributed by atoms with van der Waals surface area (Å²) in [5.74, 6) is -0.237. The van der Waals surface area contributed by atoms with Gasteiger partial charge in [-0.05, 0) is 25.8 Å². The molecule has 0 heterocycles. The van der Waals surface area contributed by atoms with Crippen molar-refractivity contribution in [2.45, 2.75) is 98.1 Å². The minimum Gasteiger partial charge on any atom is -0.436 e. The van der Waals surface area contributed by atoms with Gasteiger partial charge < -0.3 is 18.3 Å².